The van der Waals surface area contributed by atoms with Crippen LogP contribution in [0.4, 0.5) is 0 Å². The zero-order valence-corrected chi connectivity index (χ0v) is 19.7. The predicted molar refractivity (Wildman–Crippen MR) is 136 cm³/mol. The lowest BCUT2D eigenvalue weighted by Crippen LogP contribution is -2.27. The molecular weight excluding hydrogens is 395 g/mol. The summed E-state index contributed by atoms with van der Waals surface area (Å²) in [7, 11) is 1.66. The second kappa shape index (κ2) is 9.74. The fourth-order valence-corrected chi connectivity index (χ4v) is 9.97. The standard InChI is InChI=1S/C29H35OP/c1-30-27-21-20-22-12-8-9-17-25(22)29(27)26-18-10-11-19-28(26)31(23-13-4-2-5-14-23)24-15-6-3-7-16-24/h8-12,17-21,23-24H,2-7,13-16H2,1H3. The fourth-order valence-electron chi connectivity index (χ4n) is 6.02. The van der Waals surface area contributed by atoms with E-state index in [-0.39, 0.29) is 7.92 Å². The average molecular weight is 431 g/mol. The third kappa shape index (κ3) is 4.27. The van der Waals surface area contributed by atoms with Crippen molar-refractivity contribution in [3.8, 4) is 16.9 Å². The van der Waals surface area contributed by atoms with Crippen LogP contribution in [0.3, 0.4) is 0 Å². The van der Waals surface area contributed by atoms with E-state index in [2.05, 4.69) is 60.7 Å². The second-order valence-electron chi connectivity index (χ2n) is 9.37. The largest absolute Gasteiger partial charge is 0.496 e. The molecule has 0 unspecified atom stereocenters. The molecule has 5 rings (SSSR count). The first-order chi connectivity index (χ1) is 15.4. The van der Waals surface area contributed by atoms with Gasteiger partial charge in [0.25, 0.3) is 0 Å². The van der Waals surface area contributed by atoms with Gasteiger partial charge in [0.2, 0.25) is 0 Å². The van der Waals surface area contributed by atoms with E-state index >= 15 is 0 Å². The van der Waals surface area contributed by atoms with Crippen LogP contribution in [0, 0.1) is 0 Å². The minimum Gasteiger partial charge on any atom is -0.496 e. The van der Waals surface area contributed by atoms with Crippen molar-refractivity contribution in [2.24, 2.45) is 0 Å². The molecule has 3 aromatic carbocycles. The quantitative estimate of drug-likeness (QED) is 0.370. The van der Waals surface area contributed by atoms with Gasteiger partial charge >= 0.3 is 0 Å². The SMILES string of the molecule is COc1ccc2ccccc2c1-c1ccccc1P(C1CCCCC1)C1CCCCC1. The molecule has 0 heterocycles. The fraction of sp³-hybridized carbons (Fsp3) is 0.448. The Labute approximate surface area is 189 Å². The van der Waals surface area contributed by atoms with Crippen LogP contribution < -0.4 is 10.0 Å². The van der Waals surface area contributed by atoms with Gasteiger partial charge in [-0.2, -0.15) is 0 Å². The molecule has 0 atom stereocenters. The first kappa shape index (κ1) is 21.0. The van der Waals surface area contributed by atoms with Crippen LogP contribution in [0.1, 0.15) is 64.2 Å². The van der Waals surface area contributed by atoms with Gasteiger partial charge in [0.05, 0.1) is 7.11 Å². The summed E-state index contributed by atoms with van der Waals surface area (Å²) >= 11 is 0. The van der Waals surface area contributed by atoms with E-state index in [1.165, 1.54) is 86.1 Å². The van der Waals surface area contributed by atoms with Crippen molar-refractivity contribution in [3.05, 3.63) is 60.7 Å². The molecule has 2 fully saturated rings. The van der Waals surface area contributed by atoms with Crippen LogP contribution in [-0.2, 0) is 0 Å². The van der Waals surface area contributed by atoms with E-state index in [9.17, 15) is 0 Å². The normalized spacial score (nSPS) is 18.5. The van der Waals surface area contributed by atoms with Crippen molar-refractivity contribution in [3.63, 3.8) is 0 Å². The van der Waals surface area contributed by atoms with Crippen LogP contribution in [-0.4, -0.2) is 18.4 Å². The molecule has 0 saturated heterocycles. The summed E-state index contributed by atoms with van der Waals surface area (Å²) < 4.78 is 5.94. The zero-order chi connectivity index (χ0) is 21.0. The Bertz CT molecular complexity index is 996. The van der Waals surface area contributed by atoms with Crippen LogP contribution in [0.15, 0.2) is 60.7 Å². The van der Waals surface area contributed by atoms with Crippen molar-refractivity contribution in [1.82, 2.24) is 0 Å². The van der Waals surface area contributed by atoms with Gasteiger partial charge in [0.1, 0.15) is 5.75 Å². The summed E-state index contributed by atoms with van der Waals surface area (Å²) in [6, 6.07) is 22.5. The van der Waals surface area contributed by atoms with Gasteiger partial charge in [-0.15, -0.1) is 0 Å². The maximum Gasteiger partial charge on any atom is 0.127 e. The topological polar surface area (TPSA) is 9.23 Å². The summed E-state index contributed by atoms with van der Waals surface area (Å²) in [6.07, 6.45) is 14.3. The second-order valence-corrected chi connectivity index (χ2v) is 12.1. The van der Waals surface area contributed by atoms with E-state index < -0.39 is 0 Å². The first-order valence-electron chi connectivity index (χ1n) is 12.3. The Morgan fingerprint density at radius 3 is 1.97 bits per heavy atom. The summed E-state index contributed by atoms with van der Waals surface area (Å²) in [5, 5.41) is 4.26. The summed E-state index contributed by atoms with van der Waals surface area (Å²) in [5.41, 5.74) is 4.52. The first-order valence-corrected chi connectivity index (χ1v) is 13.8. The minimum atomic E-state index is -0.165. The Morgan fingerprint density at radius 2 is 1.29 bits per heavy atom. The third-order valence-electron chi connectivity index (χ3n) is 7.50. The maximum atomic E-state index is 5.94. The molecule has 31 heavy (non-hydrogen) atoms. The Hall–Kier alpha value is -1.85. The van der Waals surface area contributed by atoms with Crippen LogP contribution >= 0.6 is 7.92 Å². The number of fused-ring (bicyclic) bond motifs is 1. The highest BCUT2D eigenvalue weighted by Gasteiger charge is 2.34. The molecule has 0 N–H and O–H groups in total. The van der Waals surface area contributed by atoms with E-state index in [0.29, 0.717) is 0 Å². The minimum absolute atomic E-state index is 0.165. The van der Waals surface area contributed by atoms with Gasteiger partial charge in [-0.25, -0.2) is 0 Å². The van der Waals surface area contributed by atoms with Crippen molar-refractivity contribution in [2.75, 3.05) is 7.11 Å². The van der Waals surface area contributed by atoms with Gasteiger partial charge in [-0.05, 0) is 64.7 Å². The molecule has 162 valence electrons. The molecular formula is C29H35OP. The monoisotopic (exact) mass is 430 g/mol. The number of ether oxygens (including phenoxy) is 1. The molecule has 2 heteroatoms. The van der Waals surface area contributed by atoms with Gasteiger partial charge in [-0.1, -0.05) is 101 Å². The van der Waals surface area contributed by atoms with Gasteiger partial charge in [-0.3, -0.25) is 0 Å². The molecule has 0 aromatic heterocycles. The predicted octanol–water partition coefficient (Wildman–Crippen LogP) is 8.29. The zero-order valence-electron chi connectivity index (χ0n) is 18.9. The molecule has 0 aliphatic heterocycles. The Morgan fingerprint density at radius 1 is 0.677 bits per heavy atom. The molecule has 2 aliphatic carbocycles. The van der Waals surface area contributed by atoms with E-state index in [4.69, 9.17) is 4.74 Å². The van der Waals surface area contributed by atoms with Gasteiger partial charge < -0.3 is 4.74 Å². The van der Waals surface area contributed by atoms with Gasteiger partial charge in [0.15, 0.2) is 0 Å². The highest BCUT2D eigenvalue weighted by Crippen LogP contribution is 2.56. The van der Waals surface area contributed by atoms with E-state index in [0.717, 1.165) is 17.1 Å². The summed E-state index contributed by atoms with van der Waals surface area (Å²) in [5.74, 6) is 1.01. The number of rotatable bonds is 5. The summed E-state index contributed by atoms with van der Waals surface area (Å²) in [6.45, 7) is 0. The lowest BCUT2D eigenvalue weighted by molar-refractivity contribution is 0.417. The lowest BCUT2D eigenvalue weighted by Gasteiger charge is -2.39. The van der Waals surface area contributed by atoms with Crippen LogP contribution in [0.5, 0.6) is 5.75 Å². The third-order valence-corrected chi connectivity index (χ3v) is 11.1. The van der Waals surface area contributed by atoms with Crippen molar-refractivity contribution >= 4 is 24.0 Å². The Balaban J connectivity index is 1.68. The molecule has 0 spiro atoms. The number of benzene rings is 3. The summed E-state index contributed by atoms with van der Waals surface area (Å²) in [4.78, 5) is 0. The highest BCUT2D eigenvalue weighted by atomic mass is 31.1. The van der Waals surface area contributed by atoms with Crippen LogP contribution in [0.2, 0.25) is 0 Å². The van der Waals surface area contributed by atoms with Gasteiger partial charge in [0, 0.05) is 5.56 Å². The van der Waals surface area contributed by atoms with E-state index in [1.54, 1.807) is 5.30 Å². The van der Waals surface area contributed by atoms with Crippen molar-refractivity contribution < 1.29 is 4.74 Å². The number of hydrogen-bond donors (Lipinski definition) is 0. The lowest BCUT2D eigenvalue weighted by atomic mass is 9.97. The smallest absolute Gasteiger partial charge is 0.127 e. The van der Waals surface area contributed by atoms with Crippen molar-refractivity contribution in [2.45, 2.75) is 75.5 Å². The highest BCUT2D eigenvalue weighted by molar-refractivity contribution is 7.67. The maximum absolute atomic E-state index is 5.94. The molecule has 3 aromatic rings. The molecule has 0 amide bonds. The Kier molecular flexibility index (Phi) is 6.61. The molecule has 2 saturated carbocycles. The number of hydrogen-bond acceptors (Lipinski definition) is 1. The molecule has 2 aliphatic rings. The molecule has 0 bridgehead atoms. The average Bonchev–Trinajstić information content (AvgIpc) is 2.85. The van der Waals surface area contributed by atoms with E-state index in [1.807, 2.05) is 7.11 Å². The van der Waals surface area contributed by atoms with Crippen molar-refractivity contribution in [1.29, 1.82) is 0 Å². The number of methoxy groups -OCH3 is 1. The molecule has 0 radical (unpaired) electrons. The molecule has 1 nitrogen and oxygen atoms in total. The van der Waals surface area contributed by atoms with Crippen LogP contribution in [0.25, 0.3) is 21.9 Å².